The smallest absolute Gasteiger partial charge is 0.00939 e. The topological polar surface area (TPSA) is 15.3 Å². The molecule has 1 saturated heterocycles. The number of piperidine rings is 1. The number of nitrogens with zero attached hydrogens (tertiary/aromatic N) is 1. The van der Waals surface area contributed by atoms with Crippen molar-refractivity contribution in [3.05, 3.63) is 0 Å². The molecule has 2 aliphatic rings. The SMILES string of the molecule is CC1CCC(NC2CCN(C)CC2)C1. The zero-order valence-electron chi connectivity index (χ0n) is 9.63. The summed E-state index contributed by atoms with van der Waals surface area (Å²) in [4.78, 5) is 2.44. The number of nitrogens with one attached hydrogen (secondary N) is 1. The van der Waals surface area contributed by atoms with Gasteiger partial charge < -0.3 is 10.2 Å². The van der Waals surface area contributed by atoms with Crippen molar-refractivity contribution in [1.29, 1.82) is 0 Å². The molecule has 0 aromatic heterocycles. The van der Waals surface area contributed by atoms with Gasteiger partial charge in [0, 0.05) is 12.1 Å². The van der Waals surface area contributed by atoms with E-state index in [2.05, 4.69) is 24.2 Å². The van der Waals surface area contributed by atoms with Crippen molar-refractivity contribution in [3.63, 3.8) is 0 Å². The standard InChI is InChI=1S/C12H24N2/c1-10-3-4-12(9-10)13-11-5-7-14(2)8-6-11/h10-13H,3-9H2,1-2H3. The highest BCUT2D eigenvalue weighted by atomic mass is 15.1. The third-order valence-electron chi connectivity index (χ3n) is 3.88. The average molecular weight is 196 g/mol. The number of likely N-dealkylation sites (tertiary alicyclic amines) is 1. The molecule has 14 heavy (non-hydrogen) atoms. The van der Waals surface area contributed by atoms with Gasteiger partial charge in [0.2, 0.25) is 0 Å². The third kappa shape index (κ3) is 2.71. The van der Waals surface area contributed by atoms with Crippen LogP contribution in [0, 0.1) is 5.92 Å². The van der Waals surface area contributed by atoms with Crippen molar-refractivity contribution in [2.45, 2.75) is 51.1 Å². The Morgan fingerprint density at radius 1 is 1.00 bits per heavy atom. The van der Waals surface area contributed by atoms with Crippen LogP contribution < -0.4 is 5.32 Å². The molecule has 2 fully saturated rings. The summed E-state index contributed by atoms with van der Waals surface area (Å²) >= 11 is 0. The van der Waals surface area contributed by atoms with E-state index in [4.69, 9.17) is 0 Å². The molecule has 0 radical (unpaired) electrons. The van der Waals surface area contributed by atoms with E-state index >= 15 is 0 Å². The maximum Gasteiger partial charge on any atom is 0.00939 e. The zero-order valence-corrected chi connectivity index (χ0v) is 9.63. The second-order valence-corrected chi connectivity index (χ2v) is 5.36. The van der Waals surface area contributed by atoms with Gasteiger partial charge >= 0.3 is 0 Å². The number of rotatable bonds is 2. The van der Waals surface area contributed by atoms with Gasteiger partial charge in [0.1, 0.15) is 0 Å². The lowest BCUT2D eigenvalue weighted by molar-refractivity contribution is 0.224. The molecule has 0 bridgehead atoms. The Hall–Kier alpha value is -0.0800. The number of hydrogen-bond acceptors (Lipinski definition) is 2. The lowest BCUT2D eigenvalue weighted by atomic mass is 10.0. The maximum absolute atomic E-state index is 3.84. The second kappa shape index (κ2) is 4.63. The van der Waals surface area contributed by atoms with E-state index in [9.17, 15) is 0 Å². The van der Waals surface area contributed by atoms with Gasteiger partial charge in [-0.1, -0.05) is 6.92 Å². The van der Waals surface area contributed by atoms with Crippen molar-refractivity contribution in [3.8, 4) is 0 Å². The monoisotopic (exact) mass is 196 g/mol. The summed E-state index contributed by atoms with van der Waals surface area (Å²) in [6.45, 7) is 4.94. The zero-order chi connectivity index (χ0) is 9.97. The quantitative estimate of drug-likeness (QED) is 0.725. The van der Waals surface area contributed by atoms with Crippen molar-refractivity contribution < 1.29 is 0 Å². The molecule has 1 N–H and O–H groups in total. The molecule has 1 saturated carbocycles. The molecule has 2 unspecified atom stereocenters. The predicted molar refractivity (Wildman–Crippen MR) is 60.5 cm³/mol. The fourth-order valence-electron chi connectivity index (χ4n) is 2.87. The fourth-order valence-corrected chi connectivity index (χ4v) is 2.87. The van der Waals surface area contributed by atoms with Gasteiger partial charge in [-0.3, -0.25) is 0 Å². The van der Waals surface area contributed by atoms with Crippen molar-refractivity contribution in [2.24, 2.45) is 5.92 Å². The summed E-state index contributed by atoms with van der Waals surface area (Å²) in [5, 5.41) is 3.84. The van der Waals surface area contributed by atoms with E-state index in [-0.39, 0.29) is 0 Å². The van der Waals surface area contributed by atoms with Gasteiger partial charge in [-0.05, 0) is 58.2 Å². The molecule has 0 aromatic carbocycles. The molecule has 1 heterocycles. The molecule has 0 spiro atoms. The normalized spacial score (nSPS) is 36.4. The summed E-state index contributed by atoms with van der Waals surface area (Å²) in [5.74, 6) is 0.957. The van der Waals surface area contributed by atoms with Crippen LogP contribution in [0.1, 0.15) is 39.0 Å². The molecule has 1 aliphatic carbocycles. The third-order valence-corrected chi connectivity index (χ3v) is 3.88. The summed E-state index contributed by atoms with van der Waals surface area (Å²) in [6, 6.07) is 1.64. The van der Waals surface area contributed by atoms with Crippen LogP contribution in [0.3, 0.4) is 0 Å². The van der Waals surface area contributed by atoms with Gasteiger partial charge in [0.05, 0.1) is 0 Å². The van der Waals surface area contributed by atoms with Gasteiger partial charge in [0.25, 0.3) is 0 Å². The van der Waals surface area contributed by atoms with Crippen LogP contribution in [-0.2, 0) is 0 Å². The van der Waals surface area contributed by atoms with Crippen LogP contribution in [0.15, 0.2) is 0 Å². The predicted octanol–water partition coefficient (Wildman–Crippen LogP) is 1.86. The lowest BCUT2D eigenvalue weighted by Gasteiger charge is -2.31. The molecule has 1 aliphatic heterocycles. The average Bonchev–Trinajstić information content (AvgIpc) is 2.56. The minimum Gasteiger partial charge on any atom is -0.311 e. The van der Waals surface area contributed by atoms with E-state index < -0.39 is 0 Å². The maximum atomic E-state index is 3.84. The van der Waals surface area contributed by atoms with Crippen molar-refractivity contribution in [2.75, 3.05) is 20.1 Å². The van der Waals surface area contributed by atoms with Gasteiger partial charge in [-0.15, -0.1) is 0 Å². The Morgan fingerprint density at radius 2 is 1.71 bits per heavy atom. The molecule has 2 atom stereocenters. The van der Waals surface area contributed by atoms with Gasteiger partial charge in [-0.25, -0.2) is 0 Å². The van der Waals surface area contributed by atoms with Gasteiger partial charge in [0.15, 0.2) is 0 Å². The van der Waals surface area contributed by atoms with Crippen molar-refractivity contribution in [1.82, 2.24) is 10.2 Å². The Kier molecular flexibility index (Phi) is 3.45. The van der Waals surface area contributed by atoms with E-state index in [0.717, 1.165) is 18.0 Å². The van der Waals surface area contributed by atoms with E-state index in [0.29, 0.717) is 0 Å². The molecule has 0 amide bonds. The first-order valence-electron chi connectivity index (χ1n) is 6.18. The first-order chi connectivity index (χ1) is 6.74. The van der Waals surface area contributed by atoms with Crippen LogP contribution in [0.4, 0.5) is 0 Å². The molecule has 2 rings (SSSR count). The molecule has 82 valence electrons. The summed E-state index contributed by atoms with van der Waals surface area (Å²) < 4.78 is 0. The Balaban J connectivity index is 1.70. The minimum atomic E-state index is 0.807. The van der Waals surface area contributed by atoms with Crippen LogP contribution in [0.2, 0.25) is 0 Å². The van der Waals surface area contributed by atoms with E-state index in [1.165, 1.54) is 45.2 Å². The molecule has 0 aromatic rings. The highest BCUT2D eigenvalue weighted by Crippen LogP contribution is 2.25. The molecule has 2 nitrogen and oxygen atoms in total. The highest BCUT2D eigenvalue weighted by molar-refractivity contribution is 4.84. The van der Waals surface area contributed by atoms with E-state index in [1.54, 1.807) is 0 Å². The summed E-state index contributed by atoms with van der Waals surface area (Å²) in [5.41, 5.74) is 0. The largest absolute Gasteiger partial charge is 0.311 e. The number of hydrogen-bond donors (Lipinski definition) is 1. The molecular weight excluding hydrogens is 172 g/mol. The first kappa shape index (κ1) is 10.4. The van der Waals surface area contributed by atoms with Crippen LogP contribution in [0.5, 0.6) is 0 Å². The Morgan fingerprint density at radius 3 is 2.29 bits per heavy atom. The summed E-state index contributed by atoms with van der Waals surface area (Å²) in [7, 11) is 2.23. The molecular formula is C12H24N2. The summed E-state index contributed by atoms with van der Waals surface area (Å²) in [6.07, 6.45) is 6.95. The van der Waals surface area contributed by atoms with Gasteiger partial charge in [-0.2, -0.15) is 0 Å². The Labute approximate surface area is 88.1 Å². The van der Waals surface area contributed by atoms with E-state index in [1.807, 2.05) is 0 Å². The fraction of sp³-hybridized carbons (Fsp3) is 1.00. The van der Waals surface area contributed by atoms with Crippen LogP contribution >= 0.6 is 0 Å². The minimum absolute atomic E-state index is 0.807. The highest BCUT2D eigenvalue weighted by Gasteiger charge is 2.25. The second-order valence-electron chi connectivity index (χ2n) is 5.36. The van der Waals surface area contributed by atoms with Crippen LogP contribution in [-0.4, -0.2) is 37.1 Å². The molecule has 2 heteroatoms. The first-order valence-corrected chi connectivity index (χ1v) is 6.18. The lowest BCUT2D eigenvalue weighted by Crippen LogP contribution is -2.44. The van der Waals surface area contributed by atoms with Crippen LogP contribution in [0.25, 0.3) is 0 Å². The van der Waals surface area contributed by atoms with Crippen molar-refractivity contribution >= 4 is 0 Å². The Bertz CT molecular complexity index is 173.